The SMILES string of the molecule is Cc1ccc2c(N)ccc3c2c1C=C(C(=O)O)C3=O. The summed E-state index contributed by atoms with van der Waals surface area (Å²) in [4.78, 5) is 23.3. The average Bonchev–Trinajstić information content (AvgIpc) is 2.37. The van der Waals surface area contributed by atoms with E-state index < -0.39 is 11.8 Å². The quantitative estimate of drug-likeness (QED) is 0.604. The Balaban J connectivity index is 2.52. The van der Waals surface area contributed by atoms with Gasteiger partial charge >= 0.3 is 5.97 Å². The molecule has 4 nitrogen and oxygen atoms in total. The van der Waals surface area contributed by atoms with Crippen molar-refractivity contribution in [3.8, 4) is 0 Å². The van der Waals surface area contributed by atoms with Crippen molar-refractivity contribution in [2.45, 2.75) is 6.92 Å². The van der Waals surface area contributed by atoms with Crippen LogP contribution in [-0.2, 0) is 4.79 Å². The van der Waals surface area contributed by atoms with Crippen LogP contribution in [0.4, 0.5) is 5.69 Å². The highest BCUT2D eigenvalue weighted by molar-refractivity contribution is 6.33. The van der Waals surface area contributed by atoms with Gasteiger partial charge in [-0.15, -0.1) is 0 Å². The van der Waals surface area contributed by atoms with Crippen LogP contribution in [0, 0.1) is 6.92 Å². The molecule has 0 aliphatic heterocycles. The second kappa shape index (κ2) is 3.68. The van der Waals surface area contributed by atoms with Crippen molar-refractivity contribution in [3.05, 3.63) is 46.5 Å². The molecule has 1 aliphatic rings. The molecule has 3 N–H and O–H groups in total. The Hall–Kier alpha value is -2.62. The Morgan fingerprint density at radius 2 is 1.95 bits per heavy atom. The van der Waals surface area contributed by atoms with Crippen LogP contribution in [0.3, 0.4) is 0 Å². The molecule has 0 saturated heterocycles. The largest absolute Gasteiger partial charge is 0.478 e. The minimum absolute atomic E-state index is 0.201. The number of hydrogen-bond donors (Lipinski definition) is 2. The summed E-state index contributed by atoms with van der Waals surface area (Å²) in [5.74, 6) is -1.67. The zero-order valence-corrected chi connectivity index (χ0v) is 10.2. The predicted octanol–water partition coefficient (Wildman–Crippen LogP) is 2.39. The number of nitrogen functional groups attached to an aromatic ring is 1. The van der Waals surface area contributed by atoms with Gasteiger partial charge in [-0.1, -0.05) is 12.1 Å². The highest BCUT2D eigenvalue weighted by Gasteiger charge is 2.27. The maximum absolute atomic E-state index is 12.2. The van der Waals surface area contributed by atoms with E-state index in [4.69, 9.17) is 10.8 Å². The van der Waals surface area contributed by atoms with Gasteiger partial charge in [0.15, 0.2) is 0 Å². The normalized spacial score (nSPS) is 13.5. The molecule has 0 amide bonds. The first-order valence-corrected chi connectivity index (χ1v) is 5.82. The van der Waals surface area contributed by atoms with Gasteiger partial charge in [-0.2, -0.15) is 0 Å². The Morgan fingerprint density at radius 3 is 2.63 bits per heavy atom. The van der Waals surface area contributed by atoms with E-state index in [-0.39, 0.29) is 5.57 Å². The van der Waals surface area contributed by atoms with Crippen LogP contribution in [0.5, 0.6) is 0 Å². The van der Waals surface area contributed by atoms with Gasteiger partial charge in [0.25, 0.3) is 0 Å². The smallest absolute Gasteiger partial charge is 0.339 e. The van der Waals surface area contributed by atoms with E-state index in [0.717, 1.165) is 21.9 Å². The van der Waals surface area contributed by atoms with Crippen molar-refractivity contribution in [2.75, 3.05) is 5.73 Å². The minimum atomic E-state index is -1.20. The second-order valence-corrected chi connectivity index (χ2v) is 4.61. The van der Waals surface area contributed by atoms with E-state index in [1.54, 1.807) is 12.1 Å². The van der Waals surface area contributed by atoms with Crippen molar-refractivity contribution in [2.24, 2.45) is 0 Å². The molecule has 0 atom stereocenters. The molecular weight excluding hydrogens is 242 g/mol. The summed E-state index contributed by atoms with van der Waals surface area (Å²) in [6, 6.07) is 6.97. The highest BCUT2D eigenvalue weighted by Crippen LogP contribution is 2.35. The van der Waals surface area contributed by atoms with Crippen molar-refractivity contribution >= 4 is 34.3 Å². The fraction of sp³-hybridized carbons (Fsp3) is 0.0667. The number of anilines is 1. The van der Waals surface area contributed by atoms with E-state index in [1.165, 1.54) is 6.08 Å². The lowest BCUT2D eigenvalue weighted by molar-refractivity contribution is -0.132. The number of Topliss-reactive ketones (excluding diaryl/α,β-unsaturated/α-hetero) is 1. The first-order chi connectivity index (χ1) is 9.00. The number of carbonyl (C=O) groups excluding carboxylic acids is 1. The summed E-state index contributed by atoms with van der Waals surface area (Å²) < 4.78 is 0. The van der Waals surface area contributed by atoms with Crippen LogP contribution in [-0.4, -0.2) is 16.9 Å². The van der Waals surface area contributed by atoms with Gasteiger partial charge in [0.2, 0.25) is 5.78 Å². The molecule has 2 aromatic carbocycles. The van der Waals surface area contributed by atoms with Crippen LogP contribution in [0.15, 0.2) is 29.8 Å². The number of rotatable bonds is 1. The average molecular weight is 253 g/mol. The molecule has 3 rings (SSSR count). The molecule has 0 heterocycles. The topological polar surface area (TPSA) is 80.4 Å². The van der Waals surface area contributed by atoms with E-state index in [2.05, 4.69) is 0 Å². The second-order valence-electron chi connectivity index (χ2n) is 4.61. The summed E-state index contributed by atoms with van der Waals surface area (Å²) in [5.41, 5.74) is 8.38. The molecule has 0 fully saturated rings. The summed E-state index contributed by atoms with van der Waals surface area (Å²) in [6.07, 6.45) is 1.44. The van der Waals surface area contributed by atoms with Gasteiger partial charge in [-0.25, -0.2) is 4.79 Å². The highest BCUT2D eigenvalue weighted by atomic mass is 16.4. The Bertz CT molecular complexity index is 788. The van der Waals surface area contributed by atoms with Crippen LogP contribution in [0.1, 0.15) is 21.5 Å². The van der Waals surface area contributed by atoms with Gasteiger partial charge in [0.1, 0.15) is 5.57 Å². The fourth-order valence-electron chi connectivity index (χ4n) is 2.49. The van der Waals surface area contributed by atoms with Crippen LogP contribution in [0.25, 0.3) is 16.8 Å². The van der Waals surface area contributed by atoms with Crippen molar-refractivity contribution in [1.29, 1.82) is 0 Å². The number of ketones is 1. The number of hydrogen-bond acceptors (Lipinski definition) is 3. The molecule has 0 spiro atoms. The minimum Gasteiger partial charge on any atom is -0.478 e. The maximum Gasteiger partial charge on any atom is 0.339 e. The zero-order valence-electron chi connectivity index (χ0n) is 10.2. The van der Waals surface area contributed by atoms with Crippen molar-refractivity contribution < 1.29 is 14.7 Å². The van der Waals surface area contributed by atoms with Gasteiger partial charge in [0.05, 0.1) is 0 Å². The lowest BCUT2D eigenvalue weighted by Crippen LogP contribution is -2.16. The summed E-state index contributed by atoms with van der Waals surface area (Å²) >= 11 is 0. The molecule has 19 heavy (non-hydrogen) atoms. The van der Waals surface area contributed by atoms with E-state index in [1.807, 2.05) is 19.1 Å². The molecule has 0 unspecified atom stereocenters. The first kappa shape index (κ1) is 11.5. The van der Waals surface area contributed by atoms with E-state index in [0.29, 0.717) is 11.3 Å². The van der Waals surface area contributed by atoms with Crippen molar-refractivity contribution in [3.63, 3.8) is 0 Å². The summed E-state index contributed by atoms with van der Waals surface area (Å²) in [7, 11) is 0. The lowest BCUT2D eigenvalue weighted by Gasteiger charge is -2.17. The number of aliphatic carboxylic acids is 1. The first-order valence-electron chi connectivity index (χ1n) is 5.82. The number of nitrogens with two attached hydrogens (primary N) is 1. The maximum atomic E-state index is 12.2. The van der Waals surface area contributed by atoms with E-state index >= 15 is 0 Å². The zero-order chi connectivity index (χ0) is 13.7. The Morgan fingerprint density at radius 1 is 1.21 bits per heavy atom. The summed E-state index contributed by atoms with van der Waals surface area (Å²) in [6.45, 7) is 1.88. The fourth-order valence-corrected chi connectivity index (χ4v) is 2.49. The van der Waals surface area contributed by atoms with Crippen molar-refractivity contribution in [1.82, 2.24) is 0 Å². The van der Waals surface area contributed by atoms with Gasteiger partial charge in [-0.3, -0.25) is 4.79 Å². The third-order valence-corrected chi connectivity index (χ3v) is 3.48. The molecule has 0 bridgehead atoms. The molecule has 94 valence electrons. The van der Waals surface area contributed by atoms with Gasteiger partial charge in [-0.05, 0) is 36.3 Å². The predicted molar refractivity (Wildman–Crippen MR) is 73.0 cm³/mol. The summed E-state index contributed by atoms with van der Waals surface area (Å²) in [5, 5.41) is 10.7. The third-order valence-electron chi connectivity index (χ3n) is 3.48. The van der Waals surface area contributed by atoms with Crippen LogP contribution < -0.4 is 5.73 Å². The molecule has 4 heteroatoms. The van der Waals surface area contributed by atoms with Gasteiger partial charge in [0, 0.05) is 22.0 Å². The Labute approximate surface area is 109 Å². The molecule has 0 radical (unpaired) electrons. The third kappa shape index (κ3) is 1.46. The molecular formula is C15H11NO3. The number of carboxylic acids is 1. The number of carbonyl (C=O) groups is 2. The lowest BCUT2D eigenvalue weighted by atomic mass is 9.85. The molecule has 1 aliphatic carbocycles. The van der Waals surface area contributed by atoms with E-state index in [9.17, 15) is 9.59 Å². The standard InChI is InChI=1S/C15H11NO3/c1-7-2-3-8-12(16)5-4-9-13(8)10(7)6-11(14(9)17)15(18)19/h2-6H,16H2,1H3,(H,18,19). The van der Waals surface area contributed by atoms with Gasteiger partial charge < -0.3 is 10.8 Å². The van der Waals surface area contributed by atoms with Crippen LogP contribution >= 0.6 is 0 Å². The number of carboxylic acid groups (broad SMARTS) is 1. The number of benzene rings is 2. The Kier molecular flexibility index (Phi) is 2.22. The molecule has 0 saturated carbocycles. The molecule has 0 aromatic heterocycles. The number of aryl methyl sites for hydroxylation is 1. The molecule has 2 aromatic rings. The van der Waals surface area contributed by atoms with Crippen LogP contribution in [0.2, 0.25) is 0 Å². The monoisotopic (exact) mass is 253 g/mol.